The van der Waals surface area contributed by atoms with Crippen LogP contribution in [0.5, 0.6) is 11.6 Å². The van der Waals surface area contributed by atoms with E-state index in [1.165, 1.54) is 24.3 Å². The Morgan fingerprint density at radius 2 is 1.69 bits per heavy atom. The maximum Gasteiger partial charge on any atom is 0.417 e. The summed E-state index contributed by atoms with van der Waals surface area (Å²) in [5.41, 5.74) is 0.134. The molecule has 0 radical (unpaired) electrons. The summed E-state index contributed by atoms with van der Waals surface area (Å²) in [4.78, 5) is 16.7. The number of carbonyl (C=O) groups is 1. The number of benzene rings is 2. The normalized spacial score (nSPS) is 12.3. The van der Waals surface area contributed by atoms with Crippen molar-refractivity contribution in [1.82, 2.24) is 4.98 Å². The van der Waals surface area contributed by atoms with Crippen LogP contribution < -0.4 is 10.1 Å². The molecule has 0 aliphatic carbocycles. The predicted molar refractivity (Wildman–Crippen MR) is 127 cm³/mol. The second-order valence-corrected chi connectivity index (χ2v) is 11.2. The third-order valence-electron chi connectivity index (χ3n) is 5.19. The third-order valence-corrected chi connectivity index (χ3v) is 6.30. The van der Waals surface area contributed by atoms with Gasteiger partial charge in [-0.3, -0.25) is 4.79 Å². The summed E-state index contributed by atoms with van der Waals surface area (Å²) in [7, 11) is -3.56. The molecule has 0 spiro atoms. The molecule has 10 heteroatoms. The quantitative estimate of drug-likeness (QED) is 0.448. The van der Waals surface area contributed by atoms with Gasteiger partial charge in [0.15, 0.2) is 9.84 Å². The van der Waals surface area contributed by atoms with Gasteiger partial charge in [-0.25, -0.2) is 13.4 Å². The van der Waals surface area contributed by atoms with Gasteiger partial charge in [0.1, 0.15) is 11.3 Å². The number of nitrogens with zero attached hydrogens (tertiary/aromatic N) is 1. The zero-order valence-corrected chi connectivity index (χ0v) is 20.6. The molecule has 2 aromatic carbocycles. The van der Waals surface area contributed by atoms with Crippen molar-refractivity contribution in [2.75, 3.05) is 11.6 Å². The van der Waals surface area contributed by atoms with E-state index in [4.69, 9.17) is 4.74 Å². The lowest BCUT2D eigenvalue weighted by Crippen LogP contribution is -2.16. The highest BCUT2D eigenvalue weighted by molar-refractivity contribution is 7.90. The first-order chi connectivity index (χ1) is 16.1. The number of aromatic nitrogens is 1. The summed E-state index contributed by atoms with van der Waals surface area (Å²) in [5, 5.41) is 2.43. The lowest BCUT2D eigenvalue weighted by molar-refractivity contribution is -0.137. The Morgan fingerprint density at radius 3 is 2.26 bits per heavy atom. The second kappa shape index (κ2) is 9.33. The molecule has 1 N–H and O–H groups in total. The van der Waals surface area contributed by atoms with Crippen LogP contribution in [-0.4, -0.2) is 25.6 Å². The lowest BCUT2D eigenvalue weighted by atomic mass is 9.86. The zero-order chi connectivity index (χ0) is 26.2. The molecule has 0 atom stereocenters. The van der Waals surface area contributed by atoms with Gasteiger partial charge in [0.2, 0.25) is 5.88 Å². The van der Waals surface area contributed by atoms with Crippen molar-refractivity contribution < 1.29 is 31.1 Å². The lowest BCUT2D eigenvalue weighted by Gasteiger charge is -2.21. The van der Waals surface area contributed by atoms with Crippen LogP contribution in [0.15, 0.2) is 59.6 Å². The van der Waals surface area contributed by atoms with Crippen molar-refractivity contribution in [3.8, 4) is 11.6 Å². The molecule has 0 aliphatic rings. The van der Waals surface area contributed by atoms with Crippen molar-refractivity contribution in [3.63, 3.8) is 0 Å². The minimum absolute atomic E-state index is 0.0523. The number of halogens is 3. The van der Waals surface area contributed by atoms with Crippen molar-refractivity contribution >= 4 is 21.4 Å². The van der Waals surface area contributed by atoms with Gasteiger partial charge in [-0.2, -0.15) is 13.2 Å². The SMILES string of the molecule is Cc1cc(C(C)(C)C)ccc1Oc1ncc(C(F)(F)F)cc1C(=O)Nc1cccc(S(C)(=O)=O)c1. The number of alkyl halides is 3. The Hall–Kier alpha value is -3.40. The highest BCUT2D eigenvalue weighted by atomic mass is 32.2. The molecule has 1 heterocycles. The Kier molecular flexibility index (Phi) is 6.99. The first-order valence-corrected chi connectivity index (χ1v) is 12.4. The average molecular weight is 507 g/mol. The summed E-state index contributed by atoms with van der Waals surface area (Å²) in [5.74, 6) is -0.923. The molecule has 0 unspecified atom stereocenters. The summed E-state index contributed by atoms with van der Waals surface area (Å²) < 4.78 is 69.4. The van der Waals surface area contributed by atoms with Gasteiger partial charge in [-0.05, 0) is 53.8 Å². The van der Waals surface area contributed by atoms with Crippen LogP contribution in [0.4, 0.5) is 18.9 Å². The predicted octanol–water partition coefficient (Wildman–Crippen LogP) is 6.15. The number of nitrogens with one attached hydrogen (secondary N) is 1. The molecule has 0 fully saturated rings. The fraction of sp³-hybridized carbons (Fsp3) is 0.280. The van der Waals surface area contributed by atoms with E-state index in [1.807, 2.05) is 32.9 Å². The van der Waals surface area contributed by atoms with Gasteiger partial charge in [-0.15, -0.1) is 0 Å². The van der Waals surface area contributed by atoms with E-state index >= 15 is 0 Å². The molecule has 3 aromatic rings. The number of amides is 1. The van der Waals surface area contributed by atoms with Gasteiger partial charge >= 0.3 is 6.18 Å². The number of sulfone groups is 1. The third kappa shape index (κ3) is 6.39. The minimum Gasteiger partial charge on any atom is -0.438 e. The zero-order valence-electron chi connectivity index (χ0n) is 19.8. The molecule has 186 valence electrons. The Bertz CT molecular complexity index is 1380. The maximum absolute atomic E-state index is 13.3. The van der Waals surface area contributed by atoms with Gasteiger partial charge in [-0.1, -0.05) is 39.0 Å². The molecular formula is C25H25F3N2O4S. The standard InChI is InChI=1S/C25H25F3N2O4S/c1-15-11-16(24(2,3)4)9-10-21(15)34-23-20(12-17(14-29-23)25(26,27)28)22(31)30-18-7-6-8-19(13-18)35(5,32)33/h6-14H,1-5H3,(H,30,31). The van der Waals surface area contributed by atoms with E-state index in [9.17, 15) is 26.4 Å². The molecule has 0 saturated heterocycles. The molecular weight excluding hydrogens is 481 g/mol. The molecule has 0 bridgehead atoms. The van der Waals surface area contributed by atoms with Crippen LogP contribution in [0.3, 0.4) is 0 Å². The number of hydrogen-bond donors (Lipinski definition) is 1. The summed E-state index contributed by atoms with van der Waals surface area (Å²) >= 11 is 0. The minimum atomic E-state index is -4.74. The summed E-state index contributed by atoms with van der Waals surface area (Å²) in [6.07, 6.45) is -3.14. The highest BCUT2D eigenvalue weighted by Crippen LogP contribution is 2.35. The number of rotatable bonds is 5. The number of ether oxygens (including phenoxy) is 1. The molecule has 0 aliphatic heterocycles. The van der Waals surface area contributed by atoms with E-state index in [2.05, 4.69) is 10.3 Å². The molecule has 3 rings (SSSR count). The number of pyridine rings is 1. The largest absolute Gasteiger partial charge is 0.438 e. The fourth-order valence-corrected chi connectivity index (χ4v) is 3.86. The topological polar surface area (TPSA) is 85.4 Å². The summed E-state index contributed by atoms with van der Waals surface area (Å²) in [6, 6.07) is 11.4. The van der Waals surface area contributed by atoms with Gasteiger partial charge < -0.3 is 10.1 Å². The first kappa shape index (κ1) is 26.2. The van der Waals surface area contributed by atoms with Gasteiger partial charge in [0, 0.05) is 18.1 Å². The Morgan fingerprint density at radius 1 is 1.00 bits per heavy atom. The van der Waals surface area contributed by atoms with E-state index in [-0.39, 0.29) is 21.9 Å². The van der Waals surface area contributed by atoms with E-state index < -0.39 is 33.0 Å². The van der Waals surface area contributed by atoms with Gasteiger partial charge in [0.05, 0.1) is 10.5 Å². The van der Waals surface area contributed by atoms with E-state index in [0.717, 1.165) is 11.8 Å². The molecule has 1 aromatic heterocycles. The van der Waals surface area contributed by atoms with Crippen LogP contribution in [0.25, 0.3) is 0 Å². The fourth-order valence-electron chi connectivity index (χ4n) is 3.19. The van der Waals surface area contributed by atoms with Crippen LogP contribution in [0.2, 0.25) is 0 Å². The smallest absolute Gasteiger partial charge is 0.417 e. The van der Waals surface area contributed by atoms with E-state index in [1.54, 1.807) is 13.0 Å². The van der Waals surface area contributed by atoms with Crippen molar-refractivity contribution in [2.45, 2.75) is 44.2 Å². The maximum atomic E-state index is 13.3. The number of aryl methyl sites for hydroxylation is 1. The molecule has 35 heavy (non-hydrogen) atoms. The summed E-state index contributed by atoms with van der Waals surface area (Å²) in [6.45, 7) is 7.91. The highest BCUT2D eigenvalue weighted by Gasteiger charge is 2.33. The Balaban J connectivity index is 2.01. The van der Waals surface area contributed by atoms with Crippen LogP contribution in [-0.2, 0) is 21.4 Å². The van der Waals surface area contributed by atoms with Crippen molar-refractivity contribution in [3.05, 3.63) is 77.0 Å². The van der Waals surface area contributed by atoms with Crippen molar-refractivity contribution in [2.24, 2.45) is 0 Å². The number of anilines is 1. The average Bonchev–Trinajstić information content (AvgIpc) is 2.73. The number of carbonyl (C=O) groups excluding carboxylic acids is 1. The first-order valence-electron chi connectivity index (χ1n) is 10.5. The molecule has 0 saturated carbocycles. The number of hydrogen-bond acceptors (Lipinski definition) is 5. The second-order valence-electron chi connectivity index (χ2n) is 9.16. The monoisotopic (exact) mass is 506 g/mol. The van der Waals surface area contributed by atoms with Crippen molar-refractivity contribution in [1.29, 1.82) is 0 Å². The Labute approximate surface area is 202 Å². The molecule has 6 nitrogen and oxygen atoms in total. The molecule has 1 amide bonds. The van der Waals surface area contributed by atoms with Crippen LogP contribution in [0, 0.1) is 6.92 Å². The van der Waals surface area contributed by atoms with Crippen LogP contribution in [0.1, 0.15) is 47.8 Å². The van der Waals surface area contributed by atoms with Crippen LogP contribution >= 0.6 is 0 Å². The van der Waals surface area contributed by atoms with Gasteiger partial charge in [0.25, 0.3) is 5.91 Å². The van der Waals surface area contributed by atoms with E-state index in [0.29, 0.717) is 23.6 Å².